The first kappa shape index (κ1) is 15.6. The summed E-state index contributed by atoms with van der Waals surface area (Å²) in [5.41, 5.74) is 3.96. The normalized spacial score (nSPS) is 10.8. The lowest BCUT2D eigenvalue weighted by molar-refractivity contribution is 0.392. The van der Waals surface area contributed by atoms with Crippen molar-refractivity contribution in [2.45, 2.75) is 59.3 Å². The number of benzene rings is 1. The first-order valence-corrected chi connectivity index (χ1v) is 7.03. The third kappa shape index (κ3) is 4.31. The largest absolute Gasteiger partial charge is 0.496 e. The highest BCUT2D eigenvalue weighted by atomic mass is 16.5. The summed E-state index contributed by atoms with van der Waals surface area (Å²) in [5, 5.41) is 0. The molecule has 1 nitrogen and oxygen atoms in total. The predicted molar refractivity (Wildman–Crippen MR) is 82.8 cm³/mol. The minimum Gasteiger partial charge on any atom is -0.496 e. The Morgan fingerprint density at radius 2 is 1.84 bits per heavy atom. The summed E-state index contributed by atoms with van der Waals surface area (Å²) in [6.07, 6.45) is 2.79. The van der Waals surface area contributed by atoms with Gasteiger partial charge in [-0.05, 0) is 24.3 Å². The van der Waals surface area contributed by atoms with Crippen molar-refractivity contribution in [2.24, 2.45) is 0 Å². The molecule has 0 atom stereocenters. The molecule has 0 saturated carbocycles. The third-order valence-corrected chi connectivity index (χ3v) is 3.14. The average Bonchev–Trinajstić information content (AvgIpc) is 2.33. The van der Waals surface area contributed by atoms with Crippen LogP contribution in [0.15, 0.2) is 12.1 Å². The maximum absolute atomic E-state index is 5.67. The molecule has 0 aliphatic carbocycles. The van der Waals surface area contributed by atoms with Gasteiger partial charge in [0.15, 0.2) is 0 Å². The summed E-state index contributed by atoms with van der Waals surface area (Å²) in [6, 6.07) is 4.46. The van der Waals surface area contributed by atoms with Crippen LogP contribution in [0.3, 0.4) is 0 Å². The van der Waals surface area contributed by atoms with Gasteiger partial charge in [-0.2, -0.15) is 0 Å². The van der Waals surface area contributed by atoms with Gasteiger partial charge in [0.2, 0.25) is 0 Å². The molecule has 0 heterocycles. The van der Waals surface area contributed by atoms with E-state index in [2.05, 4.69) is 58.6 Å². The zero-order chi connectivity index (χ0) is 14.5. The van der Waals surface area contributed by atoms with Crippen molar-refractivity contribution in [2.75, 3.05) is 7.11 Å². The SMILES string of the molecule is CCC#CCCc1cc(C)cc(C(C)(C)C)c1OC. The highest BCUT2D eigenvalue weighted by molar-refractivity contribution is 5.48. The lowest BCUT2D eigenvalue weighted by Gasteiger charge is -2.24. The molecule has 1 rings (SSSR count). The topological polar surface area (TPSA) is 9.23 Å². The van der Waals surface area contributed by atoms with Crippen molar-refractivity contribution in [3.8, 4) is 17.6 Å². The van der Waals surface area contributed by atoms with Gasteiger partial charge in [0.05, 0.1) is 7.11 Å². The quantitative estimate of drug-likeness (QED) is 0.717. The number of hydrogen-bond acceptors (Lipinski definition) is 1. The van der Waals surface area contributed by atoms with Crippen molar-refractivity contribution in [3.05, 3.63) is 28.8 Å². The molecule has 0 fully saturated rings. The Labute approximate surface area is 118 Å². The van der Waals surface area contributed by atoms with Crippen LogP contribution in [0, 0.1) is 18.8 Å². The van der Waals surface area contributed by atoms with Crippen LogP contribution in [0.5, 0.6) is 5.75 Å². The van der Waals surface area contributed by atoms with Crippen LogP contribution >= 0.6 is 0 Å². The Morgan fingerprint density at radius 3 is 2.37 bits per heavy atom. The number of ether oxygens (including phenoxy) is 1. The predicted octanol–water partition coefficient (Wildman–Crippen LogP) is 4.65. The molecular formula is C18H26O. The lowest BCUT2D eigenvalue weighted by Crippen LogP contribution is -2.14. The van der Waals surface area contributed by atoms with Crippen molar-refractivity contribution in [3.63, 3.8) is 0 Å². The third-order valence-electron chi connectivity index (χ3n) is 3.14. The van der Waals surface area contributed by atoms with E-state index < -0.39 is 0 Å². The summed E-state index contributed by atoms with van der Waals surface area (Å²) in [4.78, 5) is 0. The van der Waals surface area contributed by atoms with Gasteiger partial charge in [-0.15, -0.1) is 11.8 Å². The van der Waals surface area contributed by atoms with E-state index in [0.29, 0.717) is 0 Å². The molecule has 0 N–H and O–H groups in total. The number of hydrogen-bond donors (Lipinski definition) is 0. The minimum atomic E-state index is 0.0984. The molecule has 104 valence electrons. The maximum Gasteiger partial charge on any atom is 0.125 e. The number of aryl methyl sites for hydroxylation is 2. The minimum absolute atomic E-state index is 0.0984. The van der Waals surface area contributed by atoms with Crippen molar-refractivity contribution >= 4 is 0 Å². The maximum atomic E-state index is 5.67. The zero-order valence-electron chi connectivity index (χ0n) is 13.2. The van der Waals surface area contributed by atoms with Gasteiger partial charge in [0.25, 0.3) is 0 Å². The van der Waals surface area contributed by atoms with E-state index in [4.69, 9.17) is 4.74 Å². The van der Waals surface area contributed by atoms with Gasteiger partial charge >= 0.3 is 0 Å². The van der Waals surface area contributed by atoms with E-state index in [1.807, 2.05) is 0 Å². The molecule has 1 aromatic carbocycles. The molecule has 0 bridgehead atoms. The van der Waals surface area contributed by atoms with Crippen LogP contribution in [0.2, 0.25) is 0 Å². The first-order valence-electron chi connectivity index (χ1n) is 7.03. The average molecular weight is 258 g/mol. The van der Waals surface area contributed by atoms with E-state index in [0.717, 1.165) is 25.0 Å². The smallest absolute Gasteiger partial charge is 0.125 e. The van der Waals surface area contributed by atoms with E-state index in [-0.39, 0.29) is 5.41 Å². The second-order valence-corrected chi connectivity index (χ2v) is 5.96. The van der Waals surface area contributed by atoms with Crippen LogP contribution in [0.1, 0.15) is 57.2 Å². The summed E-state index contributed by atoms with van der Waals surface area (Å²) in [5.74, 6) is 7.37. The molecular weight excluding hydrogens is 232 g/mol. The second kappa shape index (κ2) is 6.66. The van der Waals surface area contributed by atoms with Crippen molar-refractivity contribution < 1.29 is 4.74 Å². The Hall–Kier alpha value is -1.42. The van der Waals surface area contributed by atoms with Gasteiger partial charge in [-0.3, -0.25) is 0 Å². The van der Waals surface area contributed by atoms with Crippen LogP contribution in [0.4, 0.5) is 0 Å². The van der Waals surface area contributed by atoms with E-state index in [1.54, 1.807) is 7.11 Å². The fourth-order valence-electron chi connectivity index (χ4n) is 2.24. The van der Waals surface area contributed by atoms with Gasteiger partial charge in [0.1, 0.15) is 5.75 Å². The molecule has 19 heavy (non-hydrogen) atoms. The number of methoxy groups -OCH3 is 1. The number of rotatable bonds is 3. The fourth-order valence-corrected chi connectivity index (χ4v) is 2.24. The molecule has 0 unspecified atom stereocenters. The van der Waals surface area contributed by atoms with Crippen LogP contribution < -0.4 is 4.74 Å². The summed E-state index contributed by atoms with van der Waals surface area (Å²) >= 11 is 0. The molecule has 1 heteroatoms. The summed E-state index contributed by atoms with van der Waals surface area (Å²) in [7, 11) is 1.77. The monoisotopic (exact) mass is 258 g/mol. The van der Waals surface area contributed by atoms with Crippen LogP contribution in [-0.4, -0.2) is 7.11 Å². The second-order valence-electron chi connectivity index (χ2n) is 5.96. The van der Waals surface area contributed by atoms with Gasteiger partial charge < -0.3 is 4.74 Å². The molecule has 0 radical (unpaired) electrons. The molecule has 0 saturated heterocycles. The molecule has 0 spiro atoms. The van der Waals surface area contributed by atoms with Crippen LogP contribution in [0.25, 0.3) is 0 Å². The lowest BCUT2D eigenvalue weighted by atomic mass is 9.83. The highest BCUT2D eigenvalue weighted by Gasteiger charge is 2.21. The molecule has 0 aliphatic heterocycles. The first-order chi connectivity index (χ1) is 8.90. The molecule has 0 aliphatic rings. The summed E-state index contributed by atoms with van der Waals surface area (Å²) in [6.45, 7) is 10.9. The Bertz CT molecular complexity index is 481. The summed E-state index contributed by atoms with van der Waals surface area (Å²) < 4.78 is 5.67. The molecule has 0 amide bonds. The van der Waals surface area contributed by atoms with Crippen LogP contribution in [-0.2, 0) is 11.8 Å². The standard InChI is InChI=1S/C18H26O/c1-7-8-9-10-11-15-12-14(2)13-16(17(15)19-6)18(3,4)5/h12-13H,7,10-11H2,1-6H3. The Kier molecular flexibility index (Phi) is 5.48. The fraction of sp³-hybridized carbons (Fsp3) is 0.556. The van der Waals surface area contributed by atoms with Gasteiger partial charge in [0, 0.05) is 18.4 Å². The zero-order valence-corrected chi connectivity index (χ0v) is 13.2. The molecule has 1 aromatic rings. The van der Waals surface area contributed by atoms with E-state index in [9.17, 15) is 0 Å². The van der Waals surface area contributed by atoms with Crippen molar-refractivity contribution in [1.29, 1.82) is 0 Å². The van der Waals surface area contributed by atoms with Crippen molar-refractivity contribution in [1.82, 2.24) is 0 Å². The van der Waals surface area contributed by atoms with Gasteiger partial charge in [-0.1, -0.05) is 45.4 Å². The van der Waals surface area contributed by atoms with Gasteiger partial charge in [-0.25, -0.2) is 0 Å². The molecule has 0 aromatic heterocycles. The van der Waals surface area contributed by atoms with E-state index >= 15 is 0 Å². The Morgan fingerprint density at radius 1 is 1.16 bits per heavy atom. The highest BCUT2D eigenvalue weighted by Crippen LogP contribution is 2.35. The van der Waals surface area contributed by atoms with E-state index in [1.165, 1.54) is 16.7 Å². The Balaban J connectivity index is 3.13.